The number of carbonyl (C=O) groups is 1. The van der Waals surface area contributed by atoms with Crippen LogP contribution in [0.15, 0.2) is 12.1 Å². The molecule has 3 N–H and O–H groups in total. The molecule has 1 atom stereocenters. The molecule has 5 nitrogen and oxygen atoms in total. The van der Waals surface area contributed by atoms with Crippen LogP contribution in [0.1, 0.15) is 26.2 Å². The van der Waals surface area contributed by atoms with Gasteiger partial charge in [0.25, 0.3) is 0 Å². The van der Waals surface area contributed by atoms with Crippen LogP contribution in [0.3, 0.4) is 0 Å². The molecule has 1 unspecified atom stereocenters. The smallest absolute Gasteiger partial charge is 0.224 e. The molecule has 0 aromatic heterocycles. The Morgan fingerprint density at radius 2 is 1.95 bits per heavy atom. The van der Waals surface area contributed by atoms with Crippen LogP contribution in [0.5, 0.6) is 11.5 Å². The van der Waals surface area contributed by atoms with Gasteiger partial charge >= 0.3 is 0 Å². The molecule has 1 rings (SSSR count). The van der Waals surface area contributed by atoms with Gasteiger partial charge in [-0.3, -0.25) is 4.79 Å². The summed E-state index contributed by atoms with van der Waals surface area (Å²) in [6.45, 7) is 2.73. The number of anilines is 1. The summed E-state index contributed by atoms with van der Waals surface area (Å²) in [7, 11) is 3.05. The Bertz CT molecular complexity index is 480. The highest BCUT2D eigenvalue weighted by Crippen LogP contribution is 2.35. The van der Waals surface area contributed by atoms with E-state index in [2.05, 4.69) is 12.2 Å². The largest absolute Gasteiger partial charge is 0.495 e. The standard InChI is InChI=1S/C15H23ClN2O3/c1-10(6-7-17)4-5-15(19)18-12-9-13(20-2)11(16)8-14(12)21-3/h8-10H,4-7,17H2,1-3H3,(H,18,19). The van der Waals surface area contributed by atoms with Gasteiger partial charge in [-0.25, -0.2) is 0 Å². The van der Waals surface area contributed by atoms with E-state index < -0.39 is 0 Å². The van der Waals surface area contributed by atoms with Crippen molar-refractivity contribution in [3.63, 3.8) is 0 Å². The zero-order valence-electron chi connectivity index (χ0n) is 12.7. The normalized spacial score (nSPS) is 11.9. The maximum atomic E-state index is 12.0. The van der Waals surface area contributed by atoms with E-state index in [0.29, 0.717) is 41.1 Å². The summed E-state index contributed by atoms with van der Waals surface area (Å²) in [5.74, 6) is 1.36. The van der Waals surface area contributed by atoms with Gasteiger partial charge in [0.2, 0.25) is 5.91 Å². The zero-order chi connectivity index (χ0) is 15.8. The van der Waals surface area contributed by atoms with Crippen molar-refractivity contribution in [1.29, 1.82) is 0 Å². The van der Waals surface area contributed by atoms with Crippen LogP contribution in [0.4, 0.5) is 5.69 Å². The van der Waals surface area contributed by atoms with Crippen LogP contribution >= 0.6 is 11.6 Å². The Balaban J connectivity index is 2.70. The number of halogens is 1. The fraction of sp³-hybridized carbons (Fsp3) is 0.533. The first-order valence-electron chi connectivity index (χ1n) is 6.93. The van der Waals surface area contributed by atoms with Gasteiger partial charge in [-0.2, -0.15) is 0 Å². The number of amides is 1. The van der Waals surface area contributed by atoms with Gasteiger partial charge in [0.05, 0.1) is 24.9 Å². The molecule has 0 fully saturated rings. The van der Waals surface area contributed by atoms with Crippen LogP contribution in [0.25, 0.3) is 0 Å². The average Bonchev–Trinajstić information content (AvgIpc) is 2.46. The Kier molecular flexibility index (Phi) is 7.32. The number of ether oxygens (including phenoxy) is 2. The van der Waals surface area contributed by atoms with Gasteiger partial charge < -0.3 is 20.5 Å². The summed E-state index contributed by atoms with van der Waals surface area (Å²) >= 11 is 6.02. The summed E-state index contributed by atoms with van der Waals surface area (Å²) in [5, 5.41) is 3.26. The van der Waals surface area contributed by atoms with E-state index in [9.17, 15) is 4.79 Å². The second kappa shape index (κ2) is 8.74. The maximum Gasteiger partial charge on any atom is 0.224 e. The van der Waals surface area contributed by atoms with Gasteiger partial charge in [-0.05, 0) is 25.3 Å². The second-order valence-electron chi connectivity index (χ2n) is 4.96. The van der Waals surface area contributed by atoms with Crippen molar-refractivity contribution in [1.82, 2.24) is 0 Å². The van der Waals surface area contributed by atoms with E-state index in [-0.39, 0.29) is 5.91 Å². The average molecular weight is 315 g/mol. The minimum absolute atomic E-state index is 0.0680. The molecule has 0 saturated carbocycles. The minimum atomic E-state index is -0.0680. The first-order valence-corrected chi connectivity index (χ1v) is 7.31. The van der Waals surface area contributed by atoms with Crippen LogP contribution in [-0.4, -0.2) is 26.7 Å². The van der Waals surface area contributed by atoms with E-state index in [4.69, 9.17) is 26.8 Å². The summed E-state index contributed by atoms with van der Waals surface area (Å²) in [5.41, 5.74) is 6.05. The molecule has 0 aliphatic heterocycles. The van der Waals surface area contributed by atoms with Crippen molar-refractivity contribution in [3.05, 3.63) is 17.2 Å². The predicted molar refractivity (Wildman–Crippen MR) is 85.3 cm³/mol. The van der Waals surface area contributed by atoms with E-state index in [0.717, 1.165) is 12.8 Å². The molecule has 0 radical (unpaired) electrons. The number of hydrogen-bond donors (Lipinski definition) is 2. The molecule has 0 aliphatic rings. The summed E-state index contributed by atoms with van der Waals surface area (Å²) in [6.07, 6.45) is 2.16. The first kappa shape index (κ1) is 17.6. The Morgan fingerprint density at radius 3 is 2.52 bits per heavy atom. The van der Waals surface area contributed by atoms with Crippen molar-refractivity contribution in [3.8, 4) is 11.5 Å². The van der Waals surface area contributed by atoms with E-state index in [1.807, 2.05) is 0 Å². The number of nitrogens with two attached hydrogens (primary N) is 1. The van der Waals surface area contributed by atoms with Crippen molar-refractivity contribution in [2.24, 2.45) is 11.7 Å². The summed E-state index contributed by atoms with van der Waals surface area (Å²) in [6, 6.07) is 3.27. The highest BCUT2D eigenvalue weighted by Gasteiger charge is 2.13. The van der Waals surface area contributed by atoms with Crippen LogP contribution < -0.4 is 20.5 Å². The number of methoxy groups -OCH3 is 2. The molecular formula is C15H23ClN2O3. The van der Waals surface area contributed by atoms with Gasteiger partial charge in [0, 0.05) is 18.6 Å². The highest BCUT2D eigenvalue weighted by molar-refractivity contribution is 6.32. The lowest BCUT2D eigenvalue weighted by Crippen LogP contribution is -2.14. The third-order valence-electron chi connectivity index (χ3n) is 3.27. The lowest BCUT2D eigenvalue weighted by molar-refractivity contribution is -0.116. The number of carbonyl (C=O) groups excluding carboxylic acids is 1. The van der Waals surface area contributed by atoms with Crippen molar-refractivity contribution >= 4 is 23.2 Å². The topological polar surface area (TPSA) is 73.6 Å². The number of hydrogen-bond acceptors (Lipinski definition) is 4. The number of nitrogens with one attached hydrogen (secondary N) is 1. The van der Waals surface area contributed by atoms with Gasteiger partial charge in [0.1, 0.15) is 11.5 Å². The number of rotatable bonds is 8. The molecule has 1 aromatic carbocycles. The monoisotopic (exact) mass is 314 g/mol. The van der Waals surface area contributed by atoms with Gasteiger partial charge in [-0.1, -0.05) is 18.5 Å². The number of benzene rings is 1. The van der Waals surface area contributed by atoms with Crippen molar-refractivity contribution in [2.75, 3.05) is 26.1 Å². The first-order chi connectivity index (χ1) is 10.0. The zero-order valence-corrected chi connectivity index (χ0v) is 13.5. The van der Waals surface area contributed by atoms with E-state index in [1.165, 1.54) is 14.2 Å². The third kappa shape index (κ3) is 5.44. The fourth-order valence-corrected chi connectivity index (χ4v) is 2.21. The highest BCUT2D eigenvalue weighted by atomic mass is 35.5. The molecule has 0 heterocycles. The van der Waals surface area contributed by atoms with Crippen molar-refractivity contribution in [2.45, 2.75) is 26.2 Å². The Labute approximate surface area is 130 Å². The van der Waals surface area contributed by atoms with Crippen LogP contribution in [0, 0.1) is 5.92 Å². The molecule has 1 amide bonds. The van der Waals surface area contributed by atoms with Gasteiger partial charge in [-0.15, -0.1) is 0 Å². The predicted octanol–water partition coefficient (Wildman–Crippen LogP) is 3.06. The van der Waals surface area contributed by atoms with E-state index >= 15 is 0 Å². The molecular weight excluding hydrogens is 292 g/mol. The molecule has 21 heavy (non-hydrogen) atoms. The Morgan fingerprint density at radius 1 is 1.29 bits per heavy atom. The summed E-state index contributed by atoms with van der Waals surface area (Å²) < 4.78 is 10.4. The molecule has 6 heteroatoms. The SMILES string of the molecule is COc1cc(NC(=O)CCC(C)CCN)c(OC)cc1Cl. The lowest BCUT2D eigenvalue weighted by atomic mass is 10.0. The minimum Gasteiger partial charge on any atom is -0.495 e. The molecule has 0 spiro atoms. The molecule has 0 aliphatic carbocycles. The summed E-state index contributed by atoms with van der Waals surface area (Å²) in [4.78, 5) is 12.0. The fourth-order valence-electron chi connectivity index (χ4n) is 1.98. The maximum absolute atomic E-state index is 12.0. The van der Waals surface area contributed by atoms with Gasteiger partial charge in [0.15, 0.2) is 0 Å². The Hall–Kier alpha value is -1.46. The molecule has 1 aromatic rings. The van der Waals surface area contributed by atoms with E-state index in [1.54, 1.807) is 12.1 Å². The van der Waals surface area contributed by atoms with Crippen LogP contribution in [0.2, 0.25) is 5.02 Å². The molecule has 0 saturated heterocycles. The van der Waals surface area contributed by atoms with Crippen molar-refractivity contribution < 1.29 is 14.3 Å². The molecule has 0 bridgehead atoms. The second-order valence-corrected chi connectivity index (χ2v) is 5.36. The lowest BCUT2D eigenvalue weighted by Gasteiger charge is -2.14. The van der Waals surface area contributed by atoms with Crippen LogP contribution in [-0.2, 0) is 4.79 Å². The third-order valence-corrected chi connectivity index (χ3v) is 3.57. The quantitative estimate of drug-likeness (QED) is 0.773. The molecule has 118 valence electrons.